The van der Waals surface area contributed by atoms with Crippen molar-refractivity contribution in [3.05, 3.63) is 0 Å². The first-order valence-electron chi connectivity index (χ1n) is 7.50. The topological polar surface area (TPSA) is 89.3 Å². The van der Waals surface area contributed by atoms with Crippen molar-refractivity contribution >= 4 is 17.3 Å². The molecule has 0 radical (unpaired) electrons. The fraction of sp³-hybridized carbons (Fsp3) is 0.800. The minimum atomic E-state index is -0.396. The van der Waals surface area contributed by atoms with Gasteiger partial charge in [-0.2, -0.15) is 0 Å². The van der Waals surface area contributed by atoms with Crippen LogP contribution in [0, 0.1) is 11.8 Å². The van der Waals surface area contributed by atoms with Crippen LogP contribution in [0.15, 0.2) is 0 Å². The summed E-state index contributed by atoms with van der Waals surface area (Å²) in [4.78, 5) is 35.9. The Morgan fingerprint density at radius 2 is 2.15 bits per heavy atom. The van der Waals surface area contributed by atoms with Gasteiger partial charge in [0.2, 0.25) is 0 Å². The van der Waals surface area contributed by atoms with Crippen LogP contribution in [-0.2, 0) is 14.4 Å². The molecule has 1 aliphatic rings. The van der Waals surface area contributed by atoms with Gasteiger partial charge in [-0.15, -0.1) is 0 Å². The number of rotatable bonds is 4. The molecule has 0 aromatic rings. The van der Waals surface area contributed by atoms with Crippen LogP contribution in [0.1, 0.15) is 46.0 Å². The largest absolute Gasteiger partial charge is 0.324 e. The van der Waals surface area contributed by atoms with Crippen LogP contribution in [0.4, 0.5) is 0 Å². The molecule has 0 unspecified atom stereocenters. The van der Waals surface area contributed by atoms with E-state index in [0.29, 0.717) is 25.7 Å². The summed E-state index contributed by atoms with van der Waals surface area (Å²) in [6.45, 7) is 4.15. The summed E-state index contributed by atoms with van der Waals surface area (Å²) in [6.07, 6.45) is 2.89. The Morgan fingerprint density at radius 1 is 1.45 bits per heavy atom. The number of hydrogen-bond donors (Lipinski definition) is 2. The molecule has 0 amide bonds. The summed E-state index contributed by atoms with van der Waals surface area (Å²) >= 11 is 0. The summed E-state index contributed by atoms with van der Waals surface area (Å²) < 4.78 is 0. The molecule has 3 N–H and O–H groups in total. The van der Waals surface area contributed by atoms with E-state index in [1.54, 1.807) is 0 Å². The zero-order valence-electron chi connectivity index (χ0n) is 12.5. The third kappa shape index (κ3) is 4.80. The average Bonchev–Trinajstić information content (AvgIpc) is 2.45. The second kappa shape index (κ2) is 8.27. The highest BCUT2D eigenvalue weighted by Crippen LogP contribution is 2.22. The summed E-state index contributed by atoms with van der Waals surface area (Å²) in [5.74, 6) is 0.0305. The molecule has 0 aliphatic carbocycles. The molecule has 5 nitrogen and oxygen atoms in total. The van der Waals surface area contributed by atoms with Crippen LogP contribution >= 0.6 is 0 Å². The van der Waals surface area contributed by atoms with Gasteiger partial charge in [0.05, 0.1) is 19.1 Å². The molecule has 1 rings (SSSR count). The van der Waals surface area contributed by atoms with Gasteiger partial charge in [0, 0.05) is 18.8 Å². The van der Waals surface area contributed by atoms with E-state index in [0.717, 1.165) is 6.42 Å². The predicted octanol–water partition coefficient (Wildman–Crippen LogP) is 0.847. The highest BCUT2D eigenvalue weighted by atomic mass is 16.1. The van der Waals surface area contributed by atoms with E-state index in [1.165, 1.54) is 0 Å². The molecule has 5 heteroatoms. The maximum atomic E-state index is 12.3. The van der Waals surface area contributed by atoms with Crippen LogP contribution in [0.2, 0.25) is 0 Å². The zero-order valence-corrected chi connectivity index (χ0v) is 12.5. The van der Waals surface area contributed by atoms with E-state index in [1.807, 2.05) is 13.8 Å². The van der Waals surface area contributed by atoms with Gasteiger partial charge in [-0.05, 0) is 18.8 Å². The lowest BCUT2D eigenvalue weighted by Crippen LogP contribution is -2.45. The Labute approximate surface area is 120 Å². The van der Waals surface area contributed by atoms with E-state index >= 15 is 0 Å². The molecule has 20 heavy (non-hydrogen) atoms. The molecule has 0 aromatic carbocycles. The van der Waals surface area contributed by atoms with Crippen LogP contribution < -0.4 is 11.1 Å². The monoisotopic (exact) mass is 282 g/mol. The fourth-order valence-corrected chi connectivity index (χ4v) is 2.64. The minimum Gasteiger partial charge on any atom is -0.324 e. The van der Waals surface area contributed by atoms with Gasteiger partial charge in [-0.1, -0.05) is 20.3 Å². The van der Waals surface area contributed by atoms with Crippen LogP contribution in [0.25, 0.3) is 0 Å². The maximum Gasteiger partial charge on any atom is 0.163 e. The smallest absolute Gasteiger partial charge is 0.163 e. The van der Waals surface area contributed by atoms with Gasteiger partial charge < -0.3 is 11.1 Å². The standard InChI is InChI=1S/C15H26N2O3/c1-3-10(2)12-7-11(18)5-4-6-13(14(19)8-16)17-9-15(12)20/h10,12-13,17H,3-9,16H2,1-2H3/t10-,12-,13-/m0/s1. The van der Waals surface area contributed by atoms with Crippen molar-refractivity contribution in [2.45, 2.75) is 52.0 Å². The Bertz CT molecular complexity index is 368. The predicted molar refractivity (Wildman–Crippen MR) is 77.3 cm³/mol. The minimum absolute atomic E-state index is 0.0319. The summed E-state index contributed by atoms with van der Waals surface area (Å²) in [6, 6.07) is -0.396. The van der Waals surface area contributed by atoms with Crippen molar-refractivity contribution in [2.24, 2.45) is 17.6 Å². The third-order valence-corrected chi connectivity index (χ3v) is 4.25. The molecule has 0 aromatic heterocycles. The van der Waals surface area contributed by atoms with Gasteiger partial charge in [-0.3, -0.25) is 14.4 Å². The van der Waals surface area contributed by atoms with Crippen LogP contribution in [-0.4, -0.2) is 36.5 Å². The molecular weight excluding hydrogens is 256 g/mol. The first-order valence-corrected chi connectivity index (χ1v) is 7.50. The Kier molecular flexibility index (Phi) is 7.02. The average molecular weight is 282 g/mol. The SMILES string of the molecule is CC[C@H](C)[C@@H]1CC(=O)CCC[C@@H](C(=O)CN)NCC1=O. The summed E-state index contributed by atoms with van der Waals surface area (Å²) in [5.41, 5.74) is 5.38. The Balaban J connectivity index is 2.79. The van der Waals surface area contributed by atoms with E-state index < -0.39 is 6.04 Å². The molecule has 1 saturated heterocycles. The summed E-state index contributed by atoms with van der Waals surface area (Å²) in [7, 11) is 0. The summed E-state index contributed by atoms with van der Waals surface area (Å²) in [5, 5.41) is 3.02. The number of hydrogen-bond acceptors (Lipinski definition) is 5. The number of nitrogens with one attached hydrogen (secondary N) is 1. The normalized spacial score (nSPS) is 27.1. The number of Topliss-reactive ketones (excluding diaryl/α,β-unsaturated/α-hetero) is 3. The van der Waals surface area contributed by atoms with Gasteiger partial charge in [0.25, 0.3) is 0 Å². The lowest BCUT2D eigenvalue weighted by atomic mass is 9.82. The Hall–Kier alpha value is -1.07. The molecule has 0 spiro atoms. The second-order valence-corrected chi connectivity index (χ2v) is 5.70. The molecule has 0 bridgehead atoms. The molecule has 1 aliphatic heterocycles. The van der Waals surface area contributed by atoms with Crippen molar-refractivity contribution in [1.29, 1.82) is 0 Å². The van der Waals surface area contributed by atoms with Gasteiger partial charge in [0.1, 0.15) is 11.6 Å². The maximum absolute atomic E-state index is 12.3. The molecular formula is C15H26N2O3. The van der Waals surface area contributed by atoms with Crippen LogP contribution in [0.3, 0.4) is 0 Å². The number of carbonyl (C=O) groups excluding carboxylic acids is 3. The Morgan fingerprint density at radius 3 is 2.75 bits per heavy atom. The third-order valence-electron chi connectivity index (χ3n) is 4.25. The first kappa shape index (κ1) is 17.0. The van der Waals surface area contributed by atoms with Crippen molar-refractivity contribution in [1.82, 2.24) is 5.32 Å². The highest BCUT2D eigenvalue weighted by Gasteiger charge is 2.28. The highest BCUT2D eigenvalue weighted by molar-refractivity contribution is 5.91. The van der Waals surface area contributed by atoms with E-state index in [-0.39, 0.29) is 42.3 Å². The molecule has 0 saturated carbocycles. The van der Waals surface area contributed by atoms with Crippen molar-refractivity contribution in [3.63, 3.8) is 0 Å². The lowest BCUT2D eigenvalue weighted by molar-refractivity contribution is -0.130. The number of nitrogens with two attached hydrogens (primary N) is 1. The number of ketones is 3. The number of carbonyl (C=O) groups is 3. The molecule has 1 fully saturated rings. The van der Waals surface area contributed by atoms with E-state index in [2.05, 4.69) is 5.32 Å². The molecule has 114 valence electrons. The van der Waals surface area contributed by atoms with Crippen molar-refractivity contribution < 1.29 is 14.4 Å². The zero-order chi connectivity index (χ0) is 15.1. The first-order chi connectivity index (χ1) is 9.49. The van der Waals surface area contributed by atoms with Gasteiger partial charge in [0.15, 0.2) is 5.78 Å². The second-order valence-electron chi connectivity index (χ2n) is 5.70. The van der Waals surface area contributed by atoms with Gasteiger partial charge in [-0.25, -0.2) is 0 Å². The molecule has 3 atom stereocenters. The van der Waals surface area contributed by atoms with Crippen LogP contribution in [0.5, 0.6) is 0 Å². The van der Waals surface area contributed by atoms with E-state index in [4.69, 9.17) is 5.73 Å². The molecule has 1 heterocycles. The van der Waals surface area contributed by atoms with Gasteiger partial charge >= 0.3 is 0 Å². The fourth-order valence-electron chi connectivity index (χ4n) is 2.64. The van der Waals surface area contributed by atoms with E-state index in [9.17, 15) is 14.4 Å². The van der Waals surface area contributed by atoms with Crippen molar-refractivity contribution in [3.8, 4) is 0 Å². The lowest BCUT2D eigenvalue weighted by Gasteiger charge is -2.25. The van der Waals surface area contributed by atoms with Crippen molar-refractivity contribution in [2.75, 3.05) is 13.1 Å². The quantitative estimate of drug-likeness (QED) is 0.798.